The predicted octanol–water partition coefficient (Wildman–Crippen LogP) is 5.13. The molecule has 4 rings (SSSR count). The van der Waals surface area contributed by atoms with Crippen LogP contribution in [0, 0.1) is 25.2 Å². The van der Waals surface area contributed by atoms with Gasteiger partial charge in [0.25, 0.3) is 0 Å². The SMILES string of the molecule is Cc1nn(Cc2cccnc2N2CCCCC2)c(C)c1-c1ccc(C#N)c(Cl)c1. The zero-order valence-electron chi connectivity index (χ0n) is 16.8. The lowest BCUT2D eigenvalue weighted by Crippen LogP contribution is -2.31. The molecule has 0 unspecified atom stereocenters. The quantitative estimate of drug-likeness (QED) is 0.604. The van der Waals surface area contributed by atoms with Crippen LogP contribution in [0.2, 0.25) is 5.02 Å². The number of nitriles is 1. The van der Waals surface area contributed by atoms with Gasteiger partial charge < -0.3 is 4.90 Å². The molecule has 0 atom stereocenters. The van der Waals surface area contributed by atoms with Crippen LogP contribution in [0.15, 0.2) is 36.5 Å². The summed E-state index contributed by atoms with van der Waals surface area (Å²) in [5.41, 5.74) is 5.75. The normalized spacial score (nSPS) is 14.1. The maximum absolute atomic E-state index is 9.13. The second kappa shape index (κ2) is 8.26. The number of halogens is 1. The third-order valence-corrected chi connectivity index (χ3v) is 5.92. The third kappa shape index (κ3) is 3.86. The summed E-state index contributed by atoms with van der Waals surface area (Å²) in [6.07, 6.45) is 5.62. The van der Waals surface area contributed by atoms with Crippen LogP contribution in [0.1, 0.15) is 41.8 Å². The summed E-state index contributed by atoms with van der Waals surface area (Å²) in [5.74, 6) is 1.07. The van der Waals surface area contributed by atoms with E-state index in [1.54, 1.807) is 6.07 Å². The molecule has 0 N–H and O–H groups in total. The Labute approximate surface area is 176 Å². The van der Waals surface area contributed by atoms with E-state index in [0.717, 1.165) is 41.4 Å². The Balaban J connectivity index is 1.68. The van der Waals surface area contributed by atoms with Crippen molar-refractivity contribution in [3.63, 3.8) is 0 Å². The van der Waals surface area contributed by atoms with Crippen LogP contribution in [0.5, 0.6) is 0 Å². The second-order valence-electron chi connectivity index (χ2n) is 7.54. The third-order valence-electron chi connectivity index (χ3n) is 5.60. The van der Waals surface area contributed by atoms with E-state index in [4.69, 9.17) is 22.0 Å². The molecule has 29 heavy (non-hydrogen) atoms. The van der Waals surface area contributed by atoms with E-state index in [1.165, 1.54) is 24.8 Å². The molecule has 148 valence electrons. The molecule has 1 aliphatic heterocycles. The lowest BCUT2D eigenvalue weighted by atomic mass is 10.0. The fourth-order valence-electron chi connectivity index (χ4n) is 4.14. The summed E-state index contributed by atoms with van der Waals surface area (Å²) >= 11 is 6.26. The van der Waals surface area contributed by atoms with E-state index in [9.17, 15) is 0 Å². The molecule has 0 aliphatic carbocycles. The highest BCUT2D eigenvalue weighted by Crippen LogP contribution is 2.31. The predicted molar refractivity (Wildman–Crippen MR) is 116 cm³/mol. The van der Waals surface area contributed by atoms with Crippen molar-refractivity contribution >= 4 is 17.4 Å². The summed E-state index contributed by atoms with van der Waals surface area (Å²) in [6.45, 7) is 6.90. The van der Waals surface area contributed by atoms with Gasteiger partial charge >= 0.3 is 0 Å². The number of aryl methyl sites for hydroxylation is 1. The van der Waals surface area contributed by atoms with Gasteiger partial charge in [0.05, 0.1) is 22.8 Å². The standard InChI is InChI=1S/C23H24ClN5/c1-16-22(18-8-9-19(14-25)21(24)13-18)17(2)29(27-16)15-20-7-6-10-26-23(20)28-11-4-3-5-12-28/h6-10,13H,3-5,11-12,15H2,1-2H3. The number of nitrogens with zero attached hydrogens (tertiary/aromatic N) is 5. The van der Waals surface area contributed by atoms with Crippen LogP contribution in [-0.2, 0) is 6.54 Å². The molecule has 3 heterocycles. The van der Waals surface area contributed by atoms with Gasteiger partial charge in [-0.3, -0.25) is 4.68 Å². The maximum Gasteiger partial charge on any atom is 0.133 e. The molecule has 1 saturated heterocycles. The zero-order chi connectivity index (χ0) is 20.4. The van der Waals surface area contributed by atoms with E-state index >= 15 is 0 Å². The molecule has 2 aromatic heterocycles. The fourth-order valence-corrected chi connectivity index (χ4v) is 4.36. The van der Waals surface area contributed by atoms with Gasteiger partial charge in [-0.05, 0) is 56.9 Å². The van der Waals surface area contributed by atoms with Crippen molar-refractivity contribution in [2.45, 2.75) is 39.7 Å². The maximum atomic E-state index is 9.13. The largest absolute Gasteiger partial charge is 0.356 e. The van der Waals surface area contributed by atoms with Crippen molar-refractivity contribution in [3.05, 3.63) is 64.1 Å². The van der Waals surface area contributed by atoms with Gasteiger partial charge in [-0.1, -0.05) is 23.7 Å². The van der Waals surface area contributed by atoms with Crippen LogP contribution in [0.25, 0.3) is 11.1 Å². The number of anilines is 1. The van der Waals surface area contributed by atoms with Crippen LogP contribution in [0.4, 0.5) is 5.82 Å². The highest BCUT2D eigenvalue weighted by molar-refractivity contribution is 6.32. The van der Waals surface area contributed by atoms with Crippen LogP contribution < -0.4 is 4.90 Å². The number of piperidine rings is 1. The van der Waals surface area contributed by atoms with Gasteiger partial charge in [-0.2, -0.15) is 10.4 Å². The molecular formula is C23H24ClN5. The molecule has 0 spiro atoms. The highest BCUT2D eigenvalue weighted by Gasteiger charge is 2.19. The molecule has 0 saturated carbocycles. The monoisotopic (exact) mass is 405 g/mol. The Morgan fingerprint density at radius 1 is 1.14 bits per heavy atom. The average molecular weight is 406 g/mol. The summed E-state index contributed by atoms with van der Waals surface area (Å²) in [5, 5.41) is 14.4. The van der Waals surface area contributed by atoms with Crippen molar-refractivity contribution in [1.82, 2.24) is 14.8 Å². The summed E-state index contributed by atoms with van der Waals surface area (Å²) in [4.78, 5) is 7.08. The van der Waals surface area contributed by atoms with Gasteiger partial charge in [-0.25, -0.2) is 4.98 Å². The molecule has 0 amide bonds. The minimum absolute atomic E-state index is 0.469. The lowest BCUT2D eigenvalue weighted by molar-refractivity contribution is 0.568. The minimum atomic E-state index is 0.469. The Bertz CT molecular complexity index is 1070. The first kappa shape index (κ1) is 19.5. The Hall–Kier alpha value is -2.84. The topological polar surface area (TPSA) is 57.7 Å². The lowest BCUT2D eigenvalue weighted by Gasteiger charge is -2.29. The van der Waals surface area contributed by atoms with Crippen LogP contribution >= 0.6 is 11.6 Å². The summed E-state index contributed by atoms with van der Waals surface area (Å²) < 4.78 is 2.04. The molecule has 5 nitrogen and oxygen atoms in total. The molecule has 0 radical (unpaired) electrons. The first-order chi connectivity index (χ1) is 14.1. The average Bonchev–Trinajstić information content (AvgIpc) is 3.02. The van der Waals surface area contributed by atoms with E-state index < -0.39 is 0 Å². The molecule has 6 heteroatoms. The smallest absolute Gasteiger partial charge is 0.133 e. The molecule has 1 aliphatic rings. The van der Waals surface area contributed by atoms with E-state index in [2.05, 4.69) is 28.9 Å². The number of rotatable bonds is 4. The fraction of sp³-hybridized carbons (Fsp3) is 0.348. The summed E-state index contributed by atoms with van der Waals surface area (Å²) in [7, 11) is 0. The molecule has 1 fully saturated rings. The van der Waals surface area contributed by atoms with Crippen LogP contribution in [0.3, 0.4) is 0 Å². The Morgan fingerprint density at radius 2 is 1.93 bits per heavy atom. The molecule has 0 bridgehead atoms. The molecule has 3 aromatic rings. The van der Waals surface area contributed by atoms with Crippen molar-refractivity contribution in [2.75, 3.05) is 18.0 Å². The van der Waals surface area contributed by atoms with Crippen molar-refractivity contribution in [2.24, 2.45) is 0 Å². The van der Waals surface area contributed by atoms with Crippen molar-refractivity contribution in [1.29, 1.82) is 5.26 Å². The molecular weight excluding hydrogens is 382 g/mol. The number of hydrogen-bond donors (Lipinski definition) is 0. The first-order valence-electron chi connectivity index (χ1n) is 10.0. The number of pyridine rings is 1. The Kier molecular flexibility index (Phi) is 5.55. The van der Waals surface area contributed by atoms with Crippen molar-refractivity contribution < 1.29 is 0 Å². The minimum Gasteiger partial charge on any atom is -0.356 e. The van der Waals surface area contributed by atoms with Crippen molar-refractivity contribution in [3.8, 4) is 17.2 Å². The van der Waals surface area contributed by atoms with Gasteiger partial charge in [-0.15, -0.1) is 0 Å². The van der Waals surface area contributed by atoms with Gasteiger partial charge in [0.15, 0.2) is 0 Å². The van der Waals surface area contributed by atoms with E-state index in [-0.39, 0.29) is 0 Å². The first-order valence-corrected chi connectivity index (χ1v) is 10.4. The van der Waals surface area contributed by atoms with Gasteiger partial charge in [0.2, 0.25) is 0 Å². The number of aromatic nitrogens is 3. The second-order valence-corrected chi connectivity index (χ2v) is 7.95. The molecule has 1 aromatic carbocycles. The van der Waals surface area contributed by atoms with Crippen LogP contribution in [-0.4, -0.2) is 27.9 Å². The van der Waals surface area contributed by atoms with Gasteiger partial charge in [0, 0.05) is 36.1 Å². The Morgan fingerprint density at radius 3 is 2.66 bits per heavy atom. The van der Waals surface area contributed by atoms with Gasteiger partial charge in [0.1, 0.15) is 11.9 Å². The summed E-state index contributed by atoms with van der Waals surface area (Å²) in [6, 6.07) is 11.8. The highest BCUT2D eigenvalue weighted by atomic mass is 35.5. The number of benzene rings is 1. The zero-order valence-corrected chi connectivity index (χ0v) is 17.6. The number of hydrogen-bond acceptors (Lipinski definition) is 4. The van der Waals surface area contributed by atoms with E-state index in [0.29, 0.717) is 17.1 Å². The van der Waals surface area contributed by atoms with E-state index in [1.807, 2.05) is 36.0 Å².